The van der Waals surface area contributed by atoms with Crippen LogP contribution in [-0.4, -0.2) is 73.4 Å². The average molecular weight is 383 g/mol. The van der Waals surface area contributed by atoms with Gasteiger partial charge in [0.1, 0.15) is 13.4 Å². The van der Waals surface area contributed by atoms with Crippen molar-refractivity contribution in [2.24, 2.45) is 0 Å². The SMILES string of the molecule is [B]C1CN(C(C)C)C[C@@](C)(COP(OCCC#N)N(C(C)C)C(C)C)O1. The maximum absolute atomic E-state index is 8.80. The third kappa shape index (κ3) is 7.42. The van der Waals surface area contributed by atoms with Crippen molar-refractivity contribution in [3.8, 4) is 6.07 Å². The Bertz CT molecular complexity index is 453. The lowest BCUT2D eigenvalue weighted by atomic mass is 9.93. The summed E-state index contributed by atoms with van der Waals surface area (Å²) in [6.07, 6.45) is 0.353. The van der Waals surface area contributed by atoms with Crippen LogP contribution in [0.25, 0.3) is 0 Å². The zero-order valence-corrected chi connectivity index (χ0v) is 18.3. The molecular formula is C18H35BN3O3P. The molecule has 0 bridgehead atoms. The van der Waals surface area contributed by atoms with Crippen LogP contribution >= 0.6 is 8.53 Å². The second-order valence-corrected chi connectivity index (χ2v) is 9.40. The van der Waals surface area contributed by atoms with Crippen LogP contribution in [0, 0.1) is 11.3 Å². The molecule has 3 atom stereocenters. The van der Waals surface area contributed by atoms with Gasteiger partial charge < -0.3 is 13.8 Å². The summed E-state index contributed by atoms with van der Waals surface area (Å²) in [5, 5.41) is 8.80. The first-order valence-corrected chi connectivity index (χ1v) is 10.6. The second kappa shape index (κ2) is 10.9. The number of ether oxygens (including phenoxy) is 1. The maximum atomic E-state index is 8.80. The molecule has 1 rings (SSSR count). The summed E-state index contributed by atoms with van der Waals surface area (Å²) >= 11 is 0. The van der Waals surface area contributed by atoms with E-state index >= 15 is 0 Å². The van der Waals surface area contributed by atoms with Crippen LogP contribution in [0.2, 0.25) is 0 Å². The Balaban J connectivity index is 2.81. The van der Waals surface area contributed by atoms with Crippen molar-refractivity contribution in [3.05, 3.63) is 0 Å². The standard InChI is InChI=1S/C18H35BN3O3P/c1-14(2)21-11-17(19)25-18(7,12-21)13-24-26(23-10-8-9-20)22(15(3)4)16(5)6/h14-17H,8,10-13H2,1-7H3/t17?,18-,26?/m0/s1. The molecule has 1 aliphatic heterocycles. The van der Waals surface area contributed by atoms with Crippen LogP contribution in [0.4, 0.5) is 0 Å². The Labute approximate surface area is 162 Å². The average Bonchev–Trinajstić information content (AvgIpc) is 2.51. The Morgan fingerprint density at radius 2 is 1.88 bits per heavy atom. The lowest BCUT2D eigenvalue weighted by Gasteiger charge is -2.46. The van der Waals surface area contributed by atoms with Gasteiger partial charge in [-0.2, -0.15) is 5.26 Å². The topological polar surface area (TPSA) is 58.0 Å². The van der Waals surface area contributed by atoms with Crippen molar-refractivity contribution in [2.45, 2.75) is 84.6 Å². The molecule has 2 radical (unpaired) electrons. The normalized spacial score (nSPS) is 26.0. The van der Waals surface area contributed by atoms with Gasteiger partial charge in [-0.25, -0.2) is 4.67 Å². The predicted octanol–water partition coefficient (Wildman–Crippen LogP) is 3.27. The third-order valence-corrected chi connectivity index (χ3v) is 6.32. The molecule has 0 amide bonds. The molecule has 26 heavy (non-hydrogen) atoms. The van der Waals surface area contributed by atoms with E-state index in [0.29, 0.717) is 25.7 Å². The van der Waals surface area contributed by atoms with Crippen molar-refractivity contribution >= 4 is 16.4 Å². The van der Waals surface area contributed by atoms with Crippen LogP contribution in [0.15, 0.2) is 0 Å². The second-order valence-electron chi connectivity index (χ2n) is 7.95. The molecule has 1 aliphatic rings. The summed E-state index contributed by atoms with van der Waals surface area (Å²) in [6.45, 7) is 17.1. The van der Waals surface area contributed by atoms with Gasteiger partial charge in [-0.15, -0.1) is 0 Å². The van der Waals surface area contributed by atoms with Crippen LogP contribution in [0.5, 0.6) is 0 Å². The van der Waals surface area contributed by atoms with Gasteiger partial charge >= 0.3 is 0 Å². The molecule has 148 valence electrons. The highest BCUT2D eigenvalue weighted by atomic mass is 31.2. The van der Waals surface area contributed by atoms with Gasteiger partial charge in [0.2, 0.25) is 0 Å². The van der Waals surface area contributed by atoms with E-state index in [1.807, 2.05) is 6.92 Å². The molecule has 2 unspecified atom stereocenters. The summed E-state index contributed by atoms with van der Waals surface area (Å²) in [7, 11) is 4.84. The summed E-state index contributed by atoms with van der Waals surface area (Å²) < 4.78 is 20.4. The van der Waals surface area contributed by atoms with E-state index in [4.69, 9.17) is 26.9 Å². The van der Waals surface area contributed by atoms with Crippen molar-refractivity contribution in [1.29, 1.82) is 5.26 Å². The number of nitrogens with zero attached hydrogens (tertiary/aromatic N) is 3. The van der Waals surface area contributed by atoms with Crippen LogP contribution in [0.3, 0.4) is 0 Å². The van der Waals surface area contributed by atoms with Crippen LogP contribution in [0.1, 0.15) is 54.9 Å². The first kappa shape index (κ1) is 23.8. The molecule has 0 saturated carbocycles. The molecule has 0 aromatic rings. The fourth-order valence-electron chi connectivity index (χ4n) is 3.14. The summed E-state index contributed by atoms with van der Waals surface area (Å²) in [5.41, 5.74) is -0.485. The minimum absolute atomic E-state index is 0.276. The fourth-order valence-corrected chi connectivity index (χ4v) is 4.87. The Hall–Kier alpha value is -0.215. The van der Waals surface area contributed by atoms with Crippen molar-refractivity contribution in [1.82, 2.24) is 9.57 Å². The molecule has 0 spiro atoms. The van der Waals surface area contributed by atoms with Crippen molar-refractivity contribution in [3.63, 3.8) is 0 Å². The van der Waals surface area contributed by atoms with Gasteiger partial charge in [-0.3, -0.25) is 4.90 Å². The van der Waals surface area contributed by atoms with Gasteiger partial charge in [0.25, 0.3) is 8.53 Å². The zero-order valence-electron chi connectivity index (χ0n) is 17.4. The summed E-state index contributed by atoms with van der Waals surface area (Å²) in [5.74, 6) is 0. The molecule has 6 nitrogen and oxygen atoms in total. The molecule has 0 N–H and O–H groups in total. The number of hydrogen-bond donors (Lipinski definition) is 0. The zero-order chi connectivity index (χ0) is 19.9. The Morgan fingerprint density at radius 1 is 1.27 bits per heavy atom. The lowest BCUT2D eigenvalue weighted by Crippen LogP contribution is -2.58. The largest absolute Gasteiger partial charge is 0.377 e. The number of rotatable bonds is 10. The fraction of sp³-hybridized carbons (Fsp3) is 0.944. The monoisotopic (exact) mass is 383 g/mol. The van der Waals surface area contributed by atoms with Crippen molar-refractivity contribution < 1.29 is 13.8 Å². The van der Waals surface area contributed by atoms with Crippen molar-refractivity contribution in [2.75, 3.05) is 26.3 Å². The van der Waals surface area contributed by atoms with E-state index in [1.54, 1.807) is 0 Å². The van der Waals surface area contributed by atoms with Crippen LogP contribution in [-0.2, 0) is 13.8 Å². The predicted molar refractivity (Wildman–Crippen MR) is 107 cm³/mol. The van der Waals surface area contributed by atoms with Gasteiger partial charge in [0, 0.05) is 37.2 Å². The quantitative estimate of drug-likeness (QED) is 0.328. The van der Waals surface area contributed by atoms with E-state index < -0.39 is 14.1 Å². The molecule has 1 saturated heterocycles. The first-order valence-electron chi connectivity index (χ1n) is 9.48. The highest BCUT2D eigenvalue weighted by molar-refractivity contribution is 7.44. The van der Waals surface area contributed by atoms with E-state index in [0.717, 1.165) is 13.1 Å². The van der Waals surface area contributed by atoms with Gasteiger partial charge in [-0.05, 0) is 48.5 Å². The smallest absolute Gasteiger partial charge is 0.259 e. The van der Waals surface area contributed by atoms with E-state index in [-0.39, 0.29) is 18.1 Å². The number of hydrogen-bond acceptors (Lipinski definition) is 6. The van der Waals surface area contributed by atoms with E-state index in [1.165, 1.54) is 0 Å². The number of nitriles is 1. The Morgan fingerprint density at radius 3 is 2.38 bits per heavy atom. The molecule has 0 aromatic carbocycles. The first-order chi connectivity index (χ1) is 12.1. The highest BCUT2D eigenvalue weighted by Gasteiger charge is 2.38. The minimum atomic E-state index is -1.27. The number of morpholine rings is 1. The van der Waals surface area contributed by atoms with Gasteiger partial charge in [0.15, 0.2) is 0 Å². The molecular weight excluding hydrogens is 348 g/mol. The lowest BCUT2D eigenvalue weighted by molar-refractivity contribution is -0.140. The summed E-state index contributed by atoms with van der Waals surface area (Å²) in [4.78, 5) is 2.32. The molecule has 8 heteroatoms. The summed E-state index contributed by atoms with van der Waals surface area (Å²) in [6, 6.07) is 2.75. The van der Waals surface area contributed by atoms with Gasteiger partial charge in [0.05, 0.1) is 25.7 Å². The molecule has 1 fully saturated rings. The van der Waals surface area contributed by atoms with Gasteiger partial charge in [-0.1, -0.05) is 0 Å². The highest BCUT2D eigenvalue weighted by Crippen LogP contribution is 2.47. The molecule has 1 heterocycles. The molecule has 0 aliphatic carbocycles. The Kier molecular flexibility index (Phi) is 10.0. The maximum Gasteiger partial charge on any atom is 0.259 e. The molecule has 0 aromatic heterocycles. The van der Waals surface area contributed by atoms with E-state index in [9.17, 15) is 0 Å². The minimum Gasteiger partial charge on any atom is -0.377 e. The van der Waals surface area contributed by atoms with E-state index in [2.05, 4.69) is 57.2 Å². The third-order valence-electron chi connectivity index (χ3n) is 4.26. The van der Waals surface area contributed by atoms with Crippen LogP contribution < -0.4 is 0 Å².